The van der Waals surface area contributed by atoms with Crippen molar-refractivity contribution in [1.29, 1.82) is 0 Å². The molecule has 0 radical (unpaired) electrons. The Kier molecular flexibility index (Phi) is 5.11. The van der Waals surface area contributed by atoms with E-state index in [0.717, 1.165) is 31.5 Å². The second-order valence-electron chi connectivity index (χ2n) is 9.55. The maximum atomic E-state index is 12.9. The molecule has 3 heterocycles. The summed E-state index contributed by atoms with van der Waals surface area (Å²) in [7, 11) is 0. The third-order valence-corrected chi connectivity index (χ3v) is 7.43. The number of anilines is 1. The van der Waals surface area contributed by atoms with Crippen LogP contribution in [0, 0.1) is 11.8 Å². The summed E-state index contributed by atoms with van der Waals surface area (Å²) in [6.07, 6.45) is 2.10. The number of fused-ring (bicyclic) bond motifs is 1. The lowest BCUT2D eigenvalue weighted by atomic mass is 9.78. The highest BCUT2D eigenvalue weighted by molar-refractivity contribution is 5.64. The van der Waals surface area contributed by atoms with Crippen LogP contribution in [0.4, 0.5) is 23.4 Å². The highest BCUT2D eigenvalue weighted by Crippen LogP contribution is 2.69. The van der Waals surface area contributed by atoms with Gasteiger partial charge in [-0.25, -0.2) is 13.8 Å². The van der Waals surface area contributed by atoms with Crippen LogP contribution in [-0.4, -0.2) is 51.3 Å². The maximum absolute atomic E-state index is 12.9. The highest BCUT2D eigenvalue weighted by atomic mass is 19.3. The molecule has 0 bridgehead atoms. The Bertz CT molecular complexity index is 998. The van der Waals surface area contributed by atoms with Gasteiger partial charge in [0.05, 0.1) is 12.2 Å². The molecule has 3 aliphatic rings. The van der Waals surface area contributed by atoms with E-state index >= 15 is 0 Å². The molecule has 3 fully saturated rings. The zero-order chi connectivity index (χ0) is 22.8. The molecule has 6 nitrogen and oxygen atoms in total. The molecule has 1 aliphatic heterocycles. The summed E-state index contributed by atoms with van der Waals surface area (Å²) in [4.78, 5) is 5.95. The monoisotopic (exact) mass is 453 g/mol. The molecular weight excluding hydrogens is 426 g/mol. The third kappa shape index (κ3) is 3.52. The topological polar surface area (TPSA) is 69.2 Å². The standard InChI is InChI=1S/C22H27F4N5O/c1-11(2)31-16(6-15(29-31)12-5-17(32-21(25)26)20(27)28-9-12)19-13-7-22(8-14(13)19)3-4-30(22)10-18(23)24/h5-6,9,11,13-14,18-19,21H,3-4,7-8,10H2,1-2H3,(H2,27,28)/t13-,14+,19?,22?. The van der Waals surface area contributed by atoms with E-state index in [1.807, 2.05) is 29.5 Å². The van der Waals surface area contributed by atoms with Gasteiger partial charge in [-0.15, -0.1) is 0 Å². The van der Waals surface area contributed by atoms with Gasteiger partial charge in [-0.3, -0.25) is 9.58 Å². The number of aromatic nitrogens is 3. The first-order valence-electron chi connectivity index (χ1n) is 11.0. The molecule has 1 spiro atoms. The van der Waals surface area contributed by atoms with Crippen molar-refractivity contribution < 1.29 is 22.3 Å². The van der Waals surface area contributed by atoms with Gasteiger partial charge < -0.3 is 10.5 Å². The van der Waals surface area contributed by atoms with Gasteiger partial charge >= 0.3 is 6.61 Å². The van der Waals surface area contributed by atoms with Crippen LogP contribution in [0.25, 0.3) is 11.3 Å². The summed E-state index contributed by atoms with van der Waals surface area (Å²) >= 11 is 0. The fourth-order valence-corrected chi connectivity index (χ4v) is 5.90. The molecular formula is C22H27F4N5O. The number of nitrogens with two attached hydrogens (primary N) is 1. The molecule has 174 valence electrons. The largest absolute Gasteiger partial charge is 0.431 e. The van der Waals surface area contributed by atoms with Crippen molar-refractivity contribution in [2.75, 3.05) is 18.8 Å². The molecule has 2 saturated carbocycles. The molecule has 2 aromatic heterocycles. The Balaban J connectivity index is 1.37. The lowest BCUT2D eigenvalue weighted by Gasteiger charge is -2.52. The average molecular weight is 453 g/mol. The van der Waals surface area contributed by atoms with Crippen LogP contribution in [0.3, 0.4) is 0 Å². The number of hydrogen-bond acceptors (Lipinski definition) is 5. The van der Waals surface area contributed by atoms with Gasteiger partial charge in [-0.05, 0) is 57.1 Å². The number of ether oxygens (including phenoxy) is 1. The molecule has 0 amide bonds. The number of nitrogens with zero attached hydrogens (tertiary/aromatic N) is 4. The van der Waals surface area contributed by atoms with Crippen LogP contribution in [0.2, 0.25) is 0 Å². The van der Waals surface area contributed by atoms with E-state index in [0.29, 0.717) is 29.0 Å². The number of alkyl halides is 4. The van der Waals surface area contributed by atoms with Crippen molar-refractivity contribution in [1.82, 2.24) is 19.7 Å². The minimum Gasteiger partial charge on any atom is -0.431 e. The van der Waals surface area contributed by atoms with Crippen molar-refractivity contribution in [3.05, 3.63) is 24.0 Å². The van der Waals surface area contributed by atoms with Gasteiger partial charge in [-0.2, -0.15) is 13.9 Å². The van der Waals surface area contributed by atoms with E-state index in [1.165, 1.54) is 12.3 Å². The van der Waals surface area contributed by atoms with E-state index in [-0.39, 0.29) is 29.7 Å². The molecule has 32 heavy (non-hydrogen) atoms. The normalized spacial score (nSPS) is 29.2. The summed E-state index contributed by atoms with van der Waals surface area (Å²) in [6, 6.07) is 3.55. The minimum atomic E-state index is -2.99. The SMILES string of the molecule is CC(C)n1nc(-c2cnc(N)c(OC(F)F)c2)cc1C1[C@H]2CC3(CCN3CC(F)F)C[C@@H]12. The van der Waals surface area contributed by atoms with E-state index in [1.54, 1.807) is 0 Å². The predicted molar refractivity (Wildman–Crippen MR) is 111 cm³/mol. The summed E-state index contributed by atoms with van der Waals surface area (Å²) in [5, 5.41) is 4.73. The number of likely N-dealkylation sites (tertiary alicyclic amines) is 1. The number of hydrogen-bond donors (Lipinski definition) is 1. The Morgan fingerprint density at radius 1 is 1.19 bits per heavy atom. The van der Waals surface area contributed by atoms with Crippen LogP contribution >= 0.6 is 0 Å². The summed E-state index contributed by atoms with van der Waals surface area (Å²) < 4.78 is 57.6. The highest BCUT2D eigenvalue weighted by Gasteiger charge is 2.66. The number of nitrogen functional groups attached to an aromatic ring is 1. The smallest absolute Gasteiger partial charge is 0.387 e. The number of rotatable bonds is 7. The van der Waals surface area contributed by atoms with Gasteiger partial charge in [0.1, 0.15) is 0 Å². The minimum absolute atomic E-state index is 0.0455. The first kappa shape index (κ1) is 21.5. The predicted octanol–water partition coefficient (Wildman–Crippen LogP) is 4.54. The number of pyridine rings is 1. The molecule has 2 aromatic rings. The lowest BCUT2D eigenvalue weighted by molar-refractivity contribution is -0.0565. The van der Waals surface area contributed by atoms with Gasteiger partial charge in [0.25, 0.3) is 6.43 Å². The molecule has 10 heteroatoms. The van der Waals surface area contributed by atoms with Crippen molar-refractivity contribution in [3.8, 4) is 17.0 Å². The molecule has 2 unspecified atom stereocenters. The van der Waals surface area contributed by atoms with E-state index in [4.69, 9.17) is 10.8 Å². The first-order chi connectivity index (χ1) is 15.2. The van der Waals surface area contributed by atoms with Crippen molar-refractivity contribution in [2.24, 2.45) is 11.8 Å². The van der Waals surface area contributed by atoms with E-state index < -0.39 is 13.0 Å². The molecule has 2 N–H and O–H groups in total. The van der Waals surface area contributed by atoms with Gasteiger partial charge in [0.15, 0.2) is 11.6 Å². The quantitative estimate of drug-likeness (QED) is 0.624. The van der Waals surface area contributed by atoms with Crippen molar-refractivity contribution in [2.45, 2.75) is 63.6 Å². The lowest BCUT2D eigenvalue weighted by Crippen LogP contribution is -2.60. The maximum Gasteiger partial charge on any atom is 0.387 e. The number of halogens is 4. The van der Waals surface area contributed by atoms with Crippen molar-refractivity contribution >= 4 is 5.82 Å². The van der Waals surface area contributed by atoms with Crippen molar-refractivity contribution in [3.63, 3.8) is 0 Å². The van der Waals surface area contributed by atoms with Gasteiger partial charge in [0.2, 0.25) is 0 Å². The summed E-state index contributed by atoms with van der Waals surface area (Å²) in [5.41, 5.74) is 7.90. The Morgan fingerprint density at radius 3 is 2.47 bits per heavy atom. The summed E-state index contributed by atoms with van der Waals surface area (Å²) in [6.45, 7) is 1.72. The molecule has 2 aliphatic carbocycles. The molecule has 4 atom stereocenters. The second-order valence-corrected chi connectivity index (χ2v) is 9.55. The van der Waals surface area contributed by atoms with Gasteiger partial charge in [0, 0.05) is 41.5 Å². The third-order valence-electron chi connectivity index (χ3n) is 7.43. The van der Waals surface area contributed by atoms with Crippen LogP contribution in [0.1, 0.15) is 50.8 Å². The fourth-order valence-electron chi connectivity index (χ4n) is 5.90. The first-order valence-corrected chi connectivity index (χ1v) is 11.0. The zero-order valence-corrected chi connectivity index (χ0v) is 18.0. The fraction of sp³-hybridized carbons (Fsp3) is 0.636. The Labute approximate surface area is 183 Å². The summed E-state index contributed by atoms with van der Waals surface area (Å²) in [5.74, 6) is 1.01. The average Bonchev–Trinajstić information content (AvgIpc) is 3.08. The van der Waals surface area contributed by atoms with Crippen LogP contribution in [0.5, 0.6) is 5.75 Å². The molecule has 5 rings (SSSR count). The Morgan fingerprint density at radius 2 is 1.91 bits per heavy atom. The molecule has 1 saturated heterocycles. The second kappa shape index (κ2) is 7.60. The van der Waals surface area contributed by atoms with Gasteiger partial charge in [-0.1, -0.05) is 0 Å². The van der Waals surface area contributed by atoms with E-state index in [9.17, 15) is 17.6 Å². The molecule has 0 aromatic carbocycles. The van der Waals surface area contributed by atoms with Crippen LogP contribution in [-0.2, 0) is 0 Å². The van der Waals surface area contributed by atoms with E-state index in [2.05, 4.69) is 9.72 Å². The van der Waals surface area contributed by atoms with Crippen LogP contribution in [0.15, 0.2) is 18.3 Å². The Hall–Kier alpha value is -2.36. The van der Waals surface area contributed by atoms with Crippen LogP contribution < -0.4 is 10.5 Å². The zero-order valence-electron chi connectivity index (χ0n) is 18.0.